The minimum atomic E-state index is -0.553. The van der Waals surface area contributed by atoms with Gasteiger partial charge in [0.1, 0.15) is 11.5 Å². The van der Waals surface area contributed by atoms with E-state index < -0.39 is 18.5 Å². The fraction of sp³-hybridized carbons (Fsp3) is 0.276. The van der Waals surface area contributed by atoms with Crippen molar-refractivity contribution in [2.75, 3.05) is 19.8 Å². The van der Waals surface area contributed by atoms with E-state index in [9.17, 15) is 14.4 Å². The Hall–Kier alpha value is -3.62. The van der Waals surface area contributed by atoms with Crippen LogP contribution in [0.5, 0.6) is 11.5 Å². The summed E-state index contributed by atoms with van der Waals surface area (Å²) in [6, 6.07) is 14.2. The number of aliphatic hydroxyl groups is 1. The zero-order chi connectivity index (χ0) is 27.0. The number of aliphatic hydroxyl groups excluding tert-OH is 1. The summed E-state index contributed by atoms with van der Waals surface area (Å²) in [7, 11) is 0. The van der Waals surface area contributed by atoms with Crippen molar-refractivity contribution < 1.29 is 33.7 Å². The molecule has 0 fully saturated rings. The fourth-order valence-corrected chi connectivity index (χ4v) is 3.48. The Bertz CT molecular complexity index is 1100. The zero-order valence-electron chi connectivity index (χ0n) is 20.9. The Labute approximate surface area is 221 Å². The smallest absolute Gasteiger partial charge is 0.338 e. The lowest BCUT2D eigenvalue weighted by Crippen LogP contribution is -2.10. The van der Waals surface area contributed by atoms with Crippen molar-refractivity contribution in [3.63, 3.8) is 0 Å². The van der Waals surface area contributed by atoms with Crippen molar-refractivity contribution in [3.05, 3.63) is 84.5 Å². The summed E-state index contributed by atoms with van der Waals surface area (Å²) < 4.78 is 15.9. The standard InChI is InChI=1S/C29H32O7S/c1-21(2)28(32)36-25-13-15-26(16-14-25)37-27(31)17-10-23-8-11-24(12-9-23)34-18-6-4-5-7-19-35-29(33)22(3)20-30/h8-17,30H,1,3-7,18-20H2,2H3/b17-10+. The van der Waals surface area contributed by atoms with E-state index in [-0.39, 0.29) is 10.7 Å². The van der Waals surface area contributed by atoms with Crippen LogP contribution >= 0.6 is 11.8 Å². The average molecular weight is 525 g/mol. The Morgan fingerprint density at radius 1 is 0.865 bits per heavy atom. The second-order valence-electron chi connectivity index (χ2n) is 8.12. The number of esters is 2. The molecule has 2 aromatic carbocycles. The monoisotopic (exact) mass is 524 g/mol. The van der Waals surface area contributed by atoms with Crippen LogP contribution in [0.4, 0.5) is 0 Å². The van der Waals surface area contributed by atoms with Gasteiger partial charge in [-0.15, -0.1) is 0 Å². The minimum Gasteiger partial charge on any atom is -0.494 e. The van der Waals surface area contributed by atoms with Crippen LogP contribution in [0.3, 0.4) is 0 Å². The van der Waals surface area contributed by atoms with E-state index in [1.54, 1.807) is 37.3 Å². The molecule has 2 aromatic rings. The highest BCUT2D eigenvalue weighted by Gasteiger charge is 2.07. The van der Waals surface area contributed by atoms with Crippen LogP contribution in [-0.2, 0) is 19.1 Å². The number of unbranched alkanes of at least 4 members (excludes halogenated alkanes) is 3. The molecular formula is C29H32O7S. The molecule has 37 heavy (non-hydrogen) atoms. The van der Waals surface area contributed by atoms with Gasteiger partial charge in [-0.3, -0.25) is 4.79 Å². The van der Waals surface area contributed by atoms with E-state index in [1.807, 2.05) is 24.3 Å². The van der Waals surface area contributed by atoms with E-state index in [0.717, 1.165) is 53.7 Å². The SMILES string of the molecule is C=C(C)C(=O)Oc1ccc(SC(=O)/C=C/c2ccc(OCCCCCCOC(=O)C(=C)CO)cc2)cc1. The molecule has 8 heteroatoms. The molecule has 0 aromatic heterocycles. The van der Waals surface area contributed by atoms with Crippen molar-refractivity contribution >= 4 is 34.9 Å². The van der Waals surface area contributed by atoms with Gasteiger partial charge in [0.25, 0.3) is 0 Å². The number of rotatable bonds is 15. The Balaban J connectivity index is 1.64. The molecule has 0 aliphatic rings. The van der Waals surface area contributed by atoms with Crippen molar-refractivity contribution in [2.24, 2.45) is 0 Å². The molecule has 196 valence electrons. The van der Waals surface area contributed by atoms with E-state index in [4.69, 9.17) is 19.3 Å². The lowest BCUT2D eigenvalue weighted by molar-refractivity contribution is -0.139. The van der Waals surface area contributed by atoms with Crippen LogP contribution in [0.1, 0.15) is 38.2 Å². The highest BCUT2D eigenvalue weighted by atomic mass is 32.2. The average Bonchev–Trinajstić information content (AvgIpc) is 2.90. The molecule has 0 unspecified atom stereocenters. The summed E-state index contributed by atoms with van der Waals surface area (Å²) >= 11 is 1.08. The molecule has 0 saturated carbocycles. The minimum absolute atomic E-state index is 0.0627. The quantitative estimate of drug-likeness (QED) is 0.107. The molecule has 0 amide bonds. The largest absolute Gasteiger partial charge is 0.494 e. The first kappa shape index (κ1) is 29.6. The Morgan fingerprint density at radius 2 is 1.49 bits per heavy atom. The third kappa shape index (κ3) is 11.8. The molecular weight excluding hydrogens is 492 g/mol. The highest BCUT2D eigenvalue weighted by Crippen LogP contribution is 2.23. The third-order valence-corrected chi connectivity index (χ3v) is 5.76. The summed E-state index contributed by atoms with van der Waals surface area (Å²) in [5.41, 5.74) is 1.25. The zero-order valence-corrected chi connectivity index (χ0v) is 21.8. The first-order chi connectivity index (χ1) is 17.8. The molecule has 1 N–H and O–H groups in total. The van der Waals surface area contributed by atoms with Gasteiger partial charge in [-0.2, -0.15) is 0 Å². The molecule has 2 rings (SSSR count). The van der Waals surface area contributed by atoms with Gasteiger partial charge >= 0.3 is 11.9 Å². The molecule has 0 atom stereocenters. The predicted octanol–water partition coefficient (Wildman–Crippen LogP) is 5.53. The molecule has 0 bridgehead atoms. The normalized spacial score (nSPS) is 10.6. The maximum atomic E-state index is 12.3. The lowest BCUT2D eigenvalue weighted by atomic mass is 10.2. The fourth-order valence-electron chi connectivity index (χ4n) is 2.84. The van der Waals surface area contributed by atoms with Gasteiger partial charge in [0.15, 0.2) is 0 Å². The van der Waals surface area contributed by atoms with Gasteiger partial charge in [0.05, 0.1) is 25.4 Å². The van der Waals surface area contributed by atoms with Crippen LogP contribution in [0.15, 0.2) is 83.8 Å². The summed E-state index contributed by atoms with van der Waals surface area (Å²) in [6.45, 7) is 9.04. The number of ether oxygens (including phenoxy) is 3. The van der Waals surface area contributed by atoms with Gasteiger partial charge in [0, 0.05) is 10.5 Å². The molecule has 7 nitrogen and oxygen atoms in total. The third-order valence-electron chi connectivity index (χ3n) is 4.91. The number of carbonyl (C=O) groups excluding carboxylic acids is 3. The second kappa shape index (κ2) is 16.2. The topological polar surface area (TPSA) is 99.1 Å². The van der Waals surface area contributed by atoms with Gasteiger partial charge in [-0.25, -0.2) is 9.59 Å². The summed E-state index contributed by atoms with van der Waals surface area (Å²) in [6.07, 6.45) is 6.73. The number of carbonyl (C=O) groups is 3. The Morgan fingerprint density at radius 3 is 2.11 bits per heavy atom. The van der Waals surface area contributed by atoms with Gasteiger partial charge in [-0.1, -0.05) is 31.4 Å². The molecule has 0 aliphatic carbocycles. The number of hydrogen-bond acceptors (Lipinski definition) is 8. The summed E-state index contributed by atoms with van der Waals surface area (Å²) in [5, 5.41) is 8.68. The second-order valence-corrected chi connectivity index (χ2v) is 9.20. The maximum Gasteiger partial charge on any atom is 0.338 e. The highest BCUT2D eigenvalue weighted by molar-refractivity contribution is 8.14. The van der Waals surface area contributed by atoms with Crippen molar-refractivity contribution in [3.8, 4) is 11.5 Å². The van der Waals surface area contributed by atoms with Crippen LogP contribution in [0.25, 0.3) is 6.08 Å². The van der Waals surface area contributed by atoms with E-state index >= 15 is 0 Å². The van der Waals surface area contributed by atoms with Crippen molar-refractivity contribution in [1.82, 2.24) is 0 Å². The predicted molar refractivity (Wildman–Crippen MR) is 144 cm³/mol. The van der Waals surface area contributed by atoms with Crippen molar-refractivity contribution in [1.29, 1.82) is 0 Å². The van der Waals surface area contributed by atoms with Gasteiger partial charge in [-0.05, 0) is 92.4 Å². The Kier molecular flexibility index (Phi) is 13.0. The van der Waals surface area contributed by atoms with E-state index in [2.05, 4.69) is 13.2 Å². The van der Waals surface area contributed by atoms with E-state index in [1.165, 1.54) is 6.08 Å². The van der Waals surface area contributed by atoms with Crippen molar-refractivity contribution in [2.45, 2.75) is 37.5 Å². The van der Waals surface area contributed by atoms with Crippen LogP contribution in [-0.4, -0.2) is 42.0 Å². The first-order valence-electron chi connectivity index (χ1n) is 11.8. The van der Waals surface area contributed by atoms with Gasteiger partial charge < -0.3 is 19.3 Å². The number of hydrogen-bond donors (Lipinski definition) is 1. The molecule has 0 radical (unpaired) electrons. The maximum absolute atomic E-state index is 12.3. The molecule has 0 aliphatic heterocycles. The lowest BCUT2D eigenvalue weighted by Gasteiger charge is -2.07. The molecule has 0 saturated heterocycles. The first-order valence-corrected chi connectivity index (χ1v) is 12.7. The summed E-state index contributed by atoms with van der Waals surface area (Å²) in [5.74, 6) is 0.103. The van der Waals surface area contributed by atoms with Crippen LogP contribution < -0.4 is 9.47 Å². The van der Waals surface area contributed by atoms with Gasteiger partial charge in [0.2, 0.25) is 5.12 Å². The summed E-state index contributed by atoms with van der Waals surface area (Å²) in [4.78, 5) is 35.9. The number of thioether (sulfide) groups is 1. The number of benzene rings is 2. The van der Waals surface area contributed by atoms with Crippen LogP contribution in [0, 0.1) is 0 Å². The van der Waals surface area contributed by atoms with Crippen LogP contribution in [0.2, 0.25) is 0 Å². The van der Waals surface area contributed by atoms with E-state index in [0.29, 0.717) is 24.5 Å². The molecule has 0 spiro atoms. The molecule has 0 heterocycles.